The zero-order valence-corrected chi connectivity index (χ0v) is 17.8. The van der Waals surface area contributed by atoms with Gasteiger partial charge in [0.25, 0.3) is 0 Å². The summed E-state index contributed by atoms with van der Waals surface area (Å²) in [6, 6.07) is 19.1. The monoisotopic (exact) mass is 453 g/mol. The normalized spacial score (nSPS) is 14.2. The molecule has 0 aliphatic carbocycles. The number of aryl methyl sites for hydroxylation is 1. The van der Waals surface area contributed by atoms with Crippen molar-refractivity contribution in [1.29, 1.82) is 5.26 Å². The molecule has 1 aliphatic rings. The summed E-state index contributed by atoms with van der Waals surface area (Å²) in [6.45, 7) is 1.27. The molecule has 0 bridgehead atoms. The predicted octanol–water partition coefficient (Wildman–Crippen LogP) is 5.59. The fraction of sp³-hybridized carbons (Fsp3) is 0.280. The lowest BCUT2D eigenvalue weighted by molar-refractivity contribution is -0.274. The van der Waals surface area contributed by atoms with Gasteiger partial charge in [0.2, 0.25) is 5.91 Å². The Morgan fingerprint density at radius 3 is 2.36 bits per heavy atom. The van der Waals surface area contributed by atoms with Crippen molar-refractivity contribution in [3.63, 3.8) is 0 Å². The first-order valence-corrected chi connectivity index (χ1v) is 10.7. The van der Waals surface area contributed by atoms with Crippen molar-refractivity contribution < 1.29 is 22.7 Å². The lowest BCUT2D eigenvalue weighted by Gasteiger charge is -2.41. The van der Waals surface area contributed by atoms with Crippen molar-refractivity contribution >= 4 is 22.4 Å². The molecule has 1 saturated heterocycles. The second-order valence-electron chi connectivity index (χ2n) is 7.83. The van der Waals surface area contributed by atoms with Gasteiger partial charge in [0.15, 0.2) is 0 Å². The maximum Gasteiger partial charge on any atom is 0.573 e. The molecular weight excluding hydrogens is 431 g/mol. The number of amides is 1. The first-order valence-electron chi connectivity index (χ1n) is 10.7. The molecule has 1 amide bonds. The molecule has 0 atom stereocenters. The highest BCUT2D eigenvalue weighted by Gasteiger charge is 2.31. The van der Waals surface area contributed by atoms with Crippen LogP contribution in [-0.2, 0) is 11.2 Å². The molecule has 0 radical (unpaired) electrons. The average Bonchev–Trinajstić information content (AvgIpc) is 2.82. The Kier molecular flexibility index (Phi) is 6.40. The molecule has 3 aromatic rings. The van der Waals surface area contributed by atoms with Gasteiger partial charge in [-0.25, -0.2) is 0 Å². The summed E-state index contributed by atoms with van der Waals surface area (Å²) in [6.07, 6.45) is -2.27. The van der Waals surface area contributed by atoms with Crippen LogP contribution in [0.1, 0.15) is 30.4 Å². The number of alkyl halides is 3. The highest BCUT2D eigenvalue weighted by molar-refractivity contribution is 5.98. The maximum absolute atomic E-state index is 13.1. The summed E-state index contributed by atoms with van der Waals surface area (Å²) in [5.41, 5.74) is 2.22. The standard InChI is InChI=1S/C25H22F3N3O2/c26-25(27,28)33-20-11-7-18(8-12-20)9-14-24(32)31-16-4-3-15-30(31)23-13-10-19(17-29)21-5-1-2-6-22(21)23/h1-2,5-8,10-13H,3-4,9,14-16H2. The second-order valence-corrected chi connectivity index (χ2v) is 7.83. The van der Waals surface area contributed by atoms with Crippen LogP contribution in [0.25, 0.3) is 10.8 Å². The number of nitrogens with zero attached hydrogens (tertiary/aromatic N) is 3. The topological polar surface area (TPSA) is 56.6 Å². The van der Waals surface area contributed by atoms with Crippen LogP contribution in [-0.4, -0.2) is 30.4 Å². The molecule has 0 aromatic heterocycles. The molecule has 8 heteroatoms. The smallest absolute Gasteiger partial charge is 0.406 e. The molecule has 5 nitrogen and oxygen atoms in total. The third-order valence-corrected chi connectivity index (χ3v) is 5.65. The minimum atomic E-state index is -4.73. The van der Waals surface area contributed by atoms with Gasteiger partial charge in [-0.1, -0.05) is 36.4 Å². The number of anilines is 1. The summed E-state index contributed by atoms with van der Waals surface area (Å²) >= 11 is 0. The van der Waals surface area contributed by atoms with E-state index in [9.17, 15) is 23.2 Å². The van der Waals surface area contributed by atoms with Crippen LogP contribution in [0.4, 0.5) is 18.9 Å². The third kappa shape index (κ3) is 5.20. The molecule has 3 aromatic carbocycles. The molecule has 0 saturated carbocycles. The van der Waals surface area contributed by atoms with Crippen molar-refractivity contribution in [3.05, 3.63) is 71.8 Å². The summed E-state index contributed by atoms with van der Waals surface area (Å²) in [5.74, 6) is -0.341. The van der Waals surface area contributed by atoms with E-state index in [1.54, 1.807) is 11.1 Å². The molecule has 170 valence electrons. The summed E-state index contributed by atoms with van der Waals surface area (Å²) in [7, 11) is 0. The molecule has 1 fully saturated rings. The number of fused-ring (bicyclic) bond motifs is 1. The number of ether oxygens (including phenoxy) is 1. The van der Waals surface area contributed by atoms with E-state index in [2.05, 4.69) is 10.8 Å². The Morgan fingerprint density at radius 2 is 1.67 bits per heavy atom. The van der Waals surface area contributed by atoms with Crippen LogP contribution in [0, 0.1) is 11.3 Å². The van der Waals surface area contributed by atoms with Gasteiger partial charge in [-0.05, 0) is 49.1 Å². The minimum Gasteiger partial charge on any atom is -0.406 e. The van der Waals surface area contributed by atoms with E-state index in [0.717, 1.165) is 34.9 Å². The van der Waals surface area contributed by atoms with Crippen molar-refractivity contribution in [2.24, 2.45) is 0 Å². The maximum atomic E-state index is 13.1. The zero-order chi connectivity index (χ0) is 23.4. The van der Waals surface area contributed by atoms with E-state index in [4.69, 9.17) is 0 Å². The molecule has 4 rings (SSSR count). The molecule has 1 heterocycles. The Morgan fingerprint density at radius 1 is 0.970 bits per heavy atom. The van der Waals surface area contributed by atoms with Gasteiger partial charge in [0.05, 0.1) is 17.3 Å². The molecular formula is C25H22F3N3O2. The predicted molar refractivity (Wildman–Crippen MR) is 118 cm³/mol. The number of hydrazine groups is 1. The first-order chi connectivity index (χ1) is 15.9. The van der Waals surface area contributed by atoms with E-state index >= 15 is 0 Å². The number of nitriles is 1. The van der Waals surface area contributed by atoms with E-state index in [1.807, 2.05) is 35.3 Å². The Bertz CT molecular complexity index is 1190. The van der Waals surface area contributed by atoms with Crippen molar-refractivity contribution in [2.45, 2.75) is 32.0 Å². The quantitative estimate of drug-likeness (QED) is 0.506. The van der Waals surface area contributed by atoms with Crippen molar-refractivity contribution in [1.82, 2.24) is 5.01 Å². The van der Waals surface area contributed by atoms with E-state index in [-0.39, 0.29) is 18.1 Å². The Balaban J connectivity index is 1.50. The average molecular weight is 453 g/mol. The van der Waals surface area contributed by atoms with Crippen molar-refractivity contribution in [3.8, 4) is 11.8 Å². The lowest BCUT2D eigenvalue weighted by Crippen LogP contribution is -2.50. The fourth-order valence-corrected chi connectivity index (χ4v) is 4.12. The third-order valence-electron chi connectivity index (χ3n) is 5.65. The van der Waals surface area contributed by atoms with E-state index < -0.39 is 6.36 Å². The van der Waals surface area contributed by atoms with Crippen molar-refractivity contribution in [2.75, 3.05) is 18.1 Å². The second kappa shape index (κ2) is 9.41. The number of carbonyl (C=O) groups excluding carboxylic acids is 1. The van der Waals surface area contributed by atoms with Crippen LogP contribution < -0.4 is 9.75 Å². The van der Waals surface area contributed by atoms with Gasteiger partial charge >= 0.3 is 6.36 Å². The highest BCUT2D eigenvalue weighted by Crippen LogP contribution is 2.32. The van der Waals surface area contributed by atoms with Crippen LogP contribution in [0.3, 0.4) is 0 Å². The largest absolute Gasteiger partial charge is 0.573 e. The Hall–Kier alpha value is -3.73. The van der Waals surface area contributed by atoms with Crippen LogP contribution >= 0.6 is 0 Å². The molecule has 0 spiro atoms. The van der Waals surface area contributed by atoms with Crippen LogP contribution in [0.15, 0.2) is 60.7 Å². The number of halogens is 3. The van der Waals surface area contributed by atoms with Crippen LogP contribution in [0.2, 0.25) is 0 Å². The lowest BCUT2D eigenvalue weighted by atomic mass is 10.0. The Labute approximate surface area is 189 Å². The highest BCUT2D eigenvalue weighted by atomic mass is 19.4. The van der Waals surface area contributed by atoms with E-state index in [1.165, 1.54) is 24.3 Å². The fourth-order valence-electron chi connectivity index (χ4n) is 4.12. The number of rotatable bonds is 5. The number of hydrogen-bond donors (Lipinski definition) is 0. The summed E-state index contributed by atoms with van der Waals surface area (Å²) in [4.78, 5) is 13.1. The van der Waals surface area contributed by atoms with E-state index in [0.29, 0.717) is 25.1 Å². The zero-order valence-electron chi connectivity index (χ0n) is 17.8. The number of carbonyl (C=O) groups is 1. The van der Waals surface area contributed by atoms with Gasteiger partial charge in [0, 0.05) is 30.3 Å². The SMILES string of the molecule is N#Cc1ccc(N2CCCCN2C(=O)CCc2ccc(OC(F)(F)F)cc2)c2ccccc12. The number of benzene rings is 3. The summed E-state index contributed by atoms with van der Waals surface area (Å²) < 4.78 is 40.9. The molecule has 33 heavy (non-hydrogen) atoms. The number of hydrogen-bond acceptors (Lipinski definition) is 4. The molecule has 0 N–H and O–H groups in total. The molecule has 0 unspecified atom stereocenters. The van der Waals surface area contributed by atoms with Gasteiger partial charge < -0.3 is 4.74 Å². The minimum absolute atomic E-state index is 0.0567. The van der Waals surface area contributed by atoms with Gasteiger partial charge in [-0.15, -0.1) is 13.2 Å². The van der Waals surface area contributed by atoms with Gasteiger partial charge in [-0.2, -0.15) is 5.26 Å². The summed E-state index contributed by atoms with van der Waals surface area (Å²) in [5, 5.41) is 14.9. The van der Waals surface area contributed by atoms with Gasteiger partial charge in [-0.3, -0.25) is 14.8 Å². The van der Waals surface area contributed by atoms with Gasteiger partial charge in [0.1, 0.15) is 5.75 Å². The van der Waals surface area contributed by atoms with Crippen LogP contribution in [0.5, 0.6) is 5.75 Å². The first kappa shape index (κ1) is 22.5. The molecule has 1 aliphatic heterocycles.